The van der Waals surface area contributed by atoms with Crippen molar-refractivity contribution in [1.82, 2.24) is 14.5 Å². The van der Waals surface area contributed by atoms with Gasteiger partial charge in [0.2, 0.25) is 17.5 Å². The smallest absolute Gasteiger partial charge is 0.272 e. The molecule has 3 aromatic rings. The number of fused-ring (bicyclic) bond motifs is 1. The summed E-state index contributed by atoms with van der Waals surface area (Å²) in [7, 11) is 0. The Balaban J connectivity index is 1.88. The Morgan fingerprint density at radius 1 is 1.16 bits per heavy atom. The van der Waals surface area contributed by atoms with E-state index < -0.39 is 56.9 Å². The molecule has 14 heteroatoms. The van der Waals surface area contributed by atoms with Crippen LogP contribution < -0.4 is 10.5 Å². The third-order valence-corrected chi connectivity index (χ3v) is 8.35. The highest BCUT2D eigenvalue weighted by Crippen LogP contribution is 2.43. The van der Waals surface area contributed by atoms with Gasteiger partial charge in [-0.05, 0) is 18.1 Å². The molecule has 0 aliphatic carbocycles. The molecule has 1 aromatic carbocycles. The van der Waals surface area contributed by atoms with Crippen LogP contribution in [0.4, 0.5) is 23.2 Å². The monoisotopic (exact) mass is 642 g/mol. The Labute approximate surface area is 260 Å². The average molecular weight is 643 g/mol. The molecular weight excluding hydrogens is 616 g/mol. The summed E-state index contributed by atoms with van der Waals surface area (Å²) in [5.74, 6) is -10.8. The average Bonchev–Trinajstić information content (AvgIpc) is 3.02. The van der Waals surface area contributed by atoms with Gasteiger partial charge in [-0.2, -0.15) is 9.65 Å². The highest BCUT2D eigenvalue weighted by atomic mass is 35.5. The van der Waals surface area contributed by atoms with Crippen LogP contribution in [0.3, 0.4) is 0 Å². The minimum absolute atomic E-state index is 0.142. The van der Waals surface area contributed by atoms with Gasteiger partial charge in [-0.25, -0.2) is 18.2 Å². The maximum atomic E-state index is 15.1. The molecule has 1 fully saturated rings. The fourth-order valence-electron chi connectivity index (χ4n) is 5.84. The molecule has 1 N–H and O–H groups in total. The number of rotatable bonds is 5. The topological polar surface area (TPSA) is 115 Å². The predicted molar refractivity (Wildman–Crippen MR) is 161 cm³/mol. The number of hydrogen-bond acceptors (Lipinski definition) is 7. The zero-order valence-corrected chi connectivity index (χ0v) is 25.2. The third kappa shape index (κ3) is 5.12. The van der Waals surface area contributed by atoms with Crippen LogP contribution in [0.15, 0.2) is 40.8 Å². The largest absolute Gasteiger partial charge is 0.504 e. The van der Waals surface area contributed by atoms with Crippen molar-refractivity contribution in [2.75, 3.05) is 31.1 Å². The molecule has 2 aliphatic rings. The fourth-order valence-corrected chi connectivity index (χ4v) is 6.09. The minimum Gasteiger partial charge on any atom is -0.504 e. The van der Waals surface area contributed by atoms with Crippen molar-refractivity contribution in [3.05, 3.63) is 75.2 Å². The Morgan fingerprint density at radius 3 is 2.40 bits per heavy atom. The van der Waals surface area contributed by atoms with E-state index in [2.05, 4.69) is 16.6 Å². The lowest BCUT2D eigenvalue weighted by Gasteiger charge is -2.37. The fraction of sp³-hybridized carbons (Fsp3) is 0.323. The van der Waals surface area contributed by atoms with E-state index >= 15 is 4.39 Å². The van der Waals surface area contributed by atoms with Crippen LogP contribution in [0.2, 0.25) is 5.02 Å². The third-order valence-electron chi connectivity index (χ3n) is 8.07. The number of nitrogens with zero attached hydrogens (tertiary/aromatic N) is 6. The van der Waals surface area contributed by atoms with Crippen molar-refractivity contribution >= 4 is 39.9 Å². The van der Waals surface area contributed by atoms with Gasteiger partial charge in [-0.3, -0.25) is 19.1 Å². The number of pyridine rings is 2. The van der Waals surface area contributed by atoms with E-state index in [0.717, 1.165) is 0 Å². The Kier molecular flexibility index (Phi) is 8.46. The van der Waals surface area contributed by atoms with E-state index in [1.807, 2.05) is 26.8 Å². The Bertz CT molecular complexity index is 1900. The number of aromatic nitrogens is 2. The number of phenolic OH excluding ortho intramolecular Hbond substituents is 1. The molecule has 45 heavy (non-hydrogen) atoms. The van der Waals surface area contributed by atoms with Crippen LogP contribution in [0.25, 0.3) is 22.3 Å². The van der Waals surface area contributed by atoms with E-state index in [4.69, 9.17) is 11.6 Å². The first-order chi connectivity index (χ1) is 21.3. The number of nitriles is 1. The van der Waals surface area contributed by atoms with E-state index in [1.165, 1.54) is 16.7 Å². The molecule has 234 valence electrons. The zero-order chi connectivity index (χ0) is 32.9. The number of aromatic hydroxyl groups is 1. The molecule has 4 heterocycles. The number of hydrogen-bond donors (Lipinski definition) is 1. The molecule has 2 aliphatic heterocycles. The molecule has 9 nitrogen and oxygen atoms in total. The molecular formula is C31H27ClF4N6O3. The molecule has 2 aromatic heterocycles. The SMILES string of the molecule is C=CC(=O)N1CCN(c2c(C#N)c(=O)n(C3C(C(C)C)=NC=C[C@H]3C)c3nc(-c4c(O)c(F)c(F)c(F)c4F)c(Cl)cc23)CC1. The first kappa shape index (κ1) is 31.7. The normalized spacial score (nSPS) is 18.4. The second-order valence-corrected chi connectivity index (χ2v) is 11.5. The predicted octanol–water partition coefficient (Wildman–Crippen LogP) is 5.49. The number of halogens is 5. The summed E-state index contributed by atoms with van der Waals surface area (Å²) in [6.45, 7) is 9.93. The zero-order valence-electron chi connectivity index (χ0n) is 24.4. The van der Waals surface area contributed by atoms with Crippen molar-refractivity contribution in [2.24, 2.45) is 16.8 Å². The van der Waals surface area contributed by atoms with Gasteiger partial charge < -0.3 is 14.9 Å². The summed E-state index contributed by atoms with van der Waals surface area (Å²) >= 11 is 6.54. The van der Waals surface area contributed by atoms with Crippen LogP contribution in [-0.4, -0.2) is 57.4 Å². The summed E-state index contributed by atoms with van der Waals surface area (Å²) in [4.78, 5) is 38.7. The maximum absolute atomic E-state index is 15.1. The minimum atomic E-state index is -2.22. The molecule has 1 unspecified atom stereocenters. The quantitative estimate of drug-likeness (QED) is 0.170. The number of piperazine rings is 1. The van der Waals surface area contributed by atoms with Crippen molar-refractivity contribution in [3.63, 3.8) is 0 Å². The molecule has 1 saturated heterocycles. The Hall–Kier alpha value is -4.70. The number of aliphatic imine (C=N–C) groups is 1. The number of benzene rings is 1. The lowest BCUT2D eigenvalue weighted by molar-refractivity contribution is -0.126. The van der Waals surface area contributed by atoms with Crippen molar-refractivity contribution in [1.29, 1.82) is 5.26 Å². The molecule has 5 rings (SSSR count). The highest BCUT2D eigenvalue weighted by molar-refractivity contribution is 6.34. The molecule has 1 amide bonds. The van der Waals surface area contributed by atoms with Gasteiger partial charge in [0.1, 0.15) is 17.3 Å². The maximum Gasteiger partial charge on any atom is 0.272 e. The molecule has 0 saturated carbocycles. The molecule has 0 bridgehead atoms. The second kappa shape index (κ2) is 12.0. The van der Waals surface area contributed by atoms with Crippen molar-refractivity contribution < 1.29 is 27.5 Å². The van der Waals surface area contributed by atoms with Gasteiger partial charge in [0, 0.05) is 49.4 Å². The summed E-state index contributed by atoms with van der Waals surface area (Å²) in [6, 6.07) is 2.45. The first-order valence-corrected chi connectivity index (χ1v) is 14.4. The van der Waals surface area contributed by atoms with Crippen molar-refractivity contribution in [3.8, 4) is 23.1 Å². The first-order valence-electron chi connectivity index (χ1n) is 14.0. The summed E-state index contributed by atoms with van der Waals surface area (Å²) in [5, 5.41) is 20.5. The van der Waals surface area contributed by atoms with Gasteiger partial charge in [0.15, 0.2) is 17.4 Å². The number of carbonyl (C=O) groups is 1. The Morgan fingerprint density at radius 2 is 1.80 bits per heavy atom. The van der Waals surface area contributed by atoms with E-state index in [1.54, 1.807) is 22.1 Å². The van der Waals surface area contributed by atoms with E-state index in [0.29, 0.717) is 5.71 Å². The van der Waals surface area contributed by atoms with Gasteiger partial charge in [-0.1, -0.05) is 45.0 Å². The highest BCUT2D eigenvalue weighted by Gasteiger charge is 2.35. The summed E-state index contributed by atoms with van der Waals surface area (Å²) < 4.78 is 59.1. The van der Waals surface area contributed by atoms with Gasteiger partial charge in [0.25, 0.3) is 5.56 Å². The number of allylic oxidation sites excluding steroid dienone is 1. The van der Waals surface area contributed by atoms with Crippen LogP contribution in [0, 0.1) is 46.4 Å². The standard InChI is InChI=1S/C31H27ClF4N6O3/c1-5-19(43)40-8-10-41(11-9-40)28-16-12-18(32)26(20-21(33)22(34)23(35)24(36)29(20)44)39-30(16)42(31(45)17(28)13-37)27-15(4)6-7-38-25(27)14(2)3/h5-7,12,14-15,27,44H,1,8-11H2,2-4H3/t15-,27?/m1/s1. The van der Waals surface area contributed by atoms with Crippen LogP contribution in [0.1, 0.15) is 32.4 Å². The molecule has 0 spiro atoms. The van der Waals surface area contributed by atoms with E-state index in [-0.39, 0.29) is 66.2 Å². The lowest BCUT2D eigenvalue weighted by Crippen LogP contribution is -2.49. The van der Waals surface area contributed by atoms with Gasteiger partial charge in [-0.15, -0.1) is 0 Å². The number of phenols is 1. The van der Waals surface area contributed by atoms with Crippen LogP contribution in [-0.2, 0) is 4.79 Å². The number of carbonyl (C=O) groups excluding carboxylic acids is 1. The molecule has 2 atom stereocenters. The van der Waals surface area contributed by atoms with Crippen LogP contribution >= 0.6 is 11.6 Å². The lowest BCUT2D eigenvalue weighted by atomic mass is 9.88. The number of amides is 1. The summed E-state index contributed by atoms with van der Waals surface area (Å²) in [6.07, 6.45) is 4.53. The second-order valence-electron chi connectivity index (χ2n) is 11.1. The van der Waals surface area contributed by atoms with Gasteiger partial charge in [0.05, 0.1) is 28.0 Å². The van der Waals surface area contributed by atoms with Gasteiger partial charge >= 0.3 is 0 Å². The van der Waals surface area contributed by atoms with Crippen LogP contribution in [0.5, 0.6) is 5.75 Å². The summed E-state index contributed by atoms with van der Waals surface area (Å²) in [5.41, 5.74) is -2.28. The number of anilines is 1. The molecule has 0 radical (unpaired) electrons. The van der Waals surface area contributed by atoms with E-state index in [9.17, 15) is 33.1 Å². The van der Waals surface area contributed by atoms with Crippen molar-refractivity contribution in [2.45, 2.75) is 26.8 Å².